The van der Waals surface area contributed by atoms with E-state index in [4.69, 9.17) is 17.0 Å². The van der Waals surface area contributed by atoms with E-state index in [2.05, 4.69) is 15.5 Å². The molecule has 32 heavy (non-hydrogen) atoms. The number of ether oxygens (including phenoxy) is 1. The Bertz CT molecular complexity index is 871. The summed E-state index contributed by atoms with van der Waals surface area (Å²) in [5.74, 6) is -0.0926. The molecule has 0 saturated carbocycles. The summed E-state index contributed by atoms with van der Waals surface area (Å²) in [4.78, 5) is 30.0. The number of hydrogen-bond donors (Lipinski definition) is 2. The van der Waals surface area contributed by atoms with Crippen LogP contribution in [0.1, 0.15) is 19.8 Å². The van der Waals surface area contributed by atoms with Crippen LogP contribution in [0.5, 0.6) is 0 Å². The Morgan fingerprint density at radius 1 is 1.25 bits per heavy atom. The molecule has 0 radical (unpaired) electrons. The number of rotatable bonds is 5. The first-order chi connectivity index (χ1) is 15.4. The van der Waals surface area contributed by atoms with Crippen molar-refractivity contribution >= 4 is 40.6 Å². The number of carbonyl (C=O) groups is 2. The topological polar surface area (TPSA) is 77.2 Å². The summed E-state index contributed by atoms with van der Waals surface area (Å²) >= 11 is 5.74. The Kier molecular flexibility index (Phi) is 7.10. The van der Waals surface area contributed by atoms with E-state index in [0.717, 1.165) is 44.0 Å². The molecule has 3 aliphatic rings. The SMILES string of the molecule is CC(=O)NC[C@H]1CN(c2ccc(N3CCN(C(=S)C4CCNCC4)CC3)c(F)c2)C(=O)O1. The van der Waals surface area contributed by atoms with Crippen molar-refractivity contribution in [1.82, 2.24) is 15.5 Å². The summed E-state index contributed by atoms with van der Waals surface area (Å²) in [6.07, 6.45) is 1.18. The highest BCUT2D eigenvalue weighted by atomic mass is 32.1. The number of nitrogens with zero attached hydrogens (tertiary/aromatic N) is 3. The van der Waals surface area contributed by atoms with E-state index >= 15 is 0 Å². The number of nitrogens with one attached hydrogen (secondary N) is 2. The number of amides is 2. The van der Waals surface area contributed by atoms with Crippen LogP contribution in [0.3, 0.4) is 0 Å². The third-order valence-corrected chi connectivity index (χ3v) is 6.91. The van der Waals surface area contributed by atoms with Gasteiger partial charge < -0.3 is 25.2 Å². The van der Waals surface area contributed by atoms with Gasteiger partial charge in [0.15, 0.2) is 0 Å². The molecule has 3 saturated heterocycles. The second-order valence-corrected chi connectivity index (χ2v) is 8.94. The Hall–Kier alpha value is -2.46. The van der Waals surface area contributed by atoms with Gasteiger partial charge in [0.25, 0.3) is 0 Å². The van der Waals surface area contributed by atoms with E-state index in [1.807, 2.05) is 4.90 Å². The molecule has 0 unspecified atom stereocenters. The minimum absolute atomic E-state index is 0.188. The average molecular weight is 464 g/mol. The highest BCUT2D eigenvalue weighted by Crippen LogP contribution is 2.29. The largest absolute Gasteiger partial charge is 0.442 e. The second kappa shape index (κ2) is 9.99. The molecule has 3 fully saturated rings. The maximum absolute atomic E-state index is 15.0. The summed E-state index contributed by atoms with van der Waals surface area (Å²) < 4.78 is 20.3. The lowest BCUT2D eigenvalue weighted by Crippen LogP contribution is -2.51. The molecule has 3 aliphatic heterocycles. The molecule has 0 aliphatic carbocycles. The molecular formula is C22H30FN5O3S. The minimum Gasteiger partial charge on any atom is -0.442 e. The first-order valence-corrected chi connectivity index (χ1v) is 11.6. The fourth-order valence-electron chi connectivity index (χ4n) is 4.51. The summed E-state index contributed by atoms with van der Waals surface area (Å²) in [6, 6.07) is 4.84. The normalized spacial score (nSPS) is 22.1. The lowest BCUT2D eigenvalue weighted by Gasteiger charge is -2.40. The van der Waals surface area contributed by atoms with Crippen molar-refractivity contribution in [1.29, 1.82) is 0 Å². The number of piperazine rings is 1. The van der Waals surface area contributed by atoms with Crippen molar-refractivity contribution in [3.8, 4) is 0 Å². The Balaban J connectivity index is 1.34. The molecule has 0 bridgehead atoms. The number of anilines is 2. The van der Waals surface area contributed by atoms with E-state index in [-0.39, 0.29) is 24.8 Å². The van der Waals surface area contributed by atoms with Crippen LogP contribution in [0.2, 0.25) is 0 Å². The quantitative estimate of drug-likeness (QED) is 0.644. The van der Waals surface area contributed by atoms with Gasteiger partial charge in [0, 0.05) is 39.0 Å². The van der Waals surface area contributed by atoms with Gasteiger partial charge in [0.1, 0.15) is 11.9 Å². The van der Waals surface area contributed by atoms with Crippen LogP contribution in [0.15, 0.2) is 18.2 Å². The molecule has 3 heterocycles. The molecule has 8 nitrogen and oxygen atoms in total. The lowest BCUT2D eigenvalue weighted by molar-refractivity contribution is -0.119. The molecule has 4 rings (SSSR count). The number of thiocarbonyl (C=S) groups is 1. The van der Waals surface area contributed by atoms with Crippen LogP contribution in [-0.2, 0) is 9.53 Å². The summed E-state index contributed by atoms with van der Waals surface area (Å²) in [5, 5.41) is 6.01. The van der Waals surface area contributed by atoms with Crippen LogP contribution >= 0.6 is 12.2 Å². The lowest BCUT2D eigenvalue weighted by atomic mass is 9.97. The molecule has 174 valence electrons. The summed E-state index contributed by atoms with van der Waals surface area (Å²) in [6.45, 7) is 6.91. The number of halogens is 1. The maximum Gasteiger partial charge on any atom is 0.414 e. The van der Waals surface area contributed by atoms with E-state index in [1.54, 1.807) is 12.1 Å². The third kappa shape index (κ3) is 5.12. The molecule has 1 aromatic rings. The van der Waals surface area contributed by atoms with Crippen molar-refractivity contribution < 1.29 is 18.7 Å². The number of piperidine rings is 1. The standard InChI is InChI=1S/C22H30FN5O3S/c1-15(29)25-13-18-14-28(22(30)31-18)17-2-3-20(19(23)12-17)26-8-10-27(11-9-26)21(32)16-4-6-24-7-5-16/h2-3,12,16,18,24H,4-11,13-14H2,1H3,(H,25,29)/t18-/m0/s1. The third-order valence-electron chi connectivity index (χ3n) is 6.32. The van der Waals surface area contributed by atoms with Crippen molar-refractivity contribution in [2.75, 3.05) is 62.2 Å². The molecule has 1 aromatic carbocycles. The molecule has 2 N–H and O–H groups in total. The highest BCUT2D eigenvalue weighted by molar-refractivity contribution is 7.80. The van der Waals surface area contributed by atoms with Crippen LogP contribution in [-0.4, -0.2) is 80.4 Å². The molecule has 0 aromatic heterocycles. The average Bonchev–Trinajstić information content (AvgIpc) is 3.18. The Morgan fingerprint density at radius 3 is 2.62 bits per heavy atom. The summed E-state index contributed by atoms with van der Waals surface area (Å²) in [5.41, 5.74) is 0.982. The van der Waals surface area contributed by atoms with Gasteiger partial charge in [0.2, 0.25) is 5.91 Å². The Labute approximate surface area is 193 Å². The van der Waals surface area contributed by atoms with E-state index in [0.29, 0.717) is 30.4 Å². The van der Waals surface area contributed by atoms with Crippen molar-refractivity contribution in [2.24, 2.45) is 5.92 Å². The maximum atomic E-state index is 15.0. The minimum atomic E-state index is -0.535. The second-order valence-electron chi connectivity index (χ2n) is 8.53. The van der Waals surface area contributed by atoms with Crippen LogP contribution in [0.25, 0.3) is 0 Å². The van der Waals surface area contributed by atoms with Gasteiger partial charge in [-0.1, -0.05) is 12.2 Å². The highest BCUT2D eigenvalue weighted by Gasteiger charge is 2.33. The summed E-state index contributed by atoms with van der Waals surface area (Å²) in [7, 11) is 0. The van der Waals surface area contributed by atoms with Gasteiger partial charge in [-0.25, -0.2) is 9.18 Å². The van der Waals surface area contributed by atoms with Gasteiger partial charge in [-0.15, -0.1) is 0 Å². The first kappa shape index (κ1) is 22.7. The van der Waals surface area contributed by atoms with Gasteiger partial charge in [0.05, 0.1) is 29.5 Å². The van der Waals surface area contributed by atoms with E-state index < -0.39 is 12.2 Å². The number of carbonyl (C=O) groups excluding carboxylic acids is 2. The monoisotopic (exact) mass is 463 g/mol. The Morgan fingerprint density at radius 2 is 1.97 bits per heavy atom. The zero-order valence-electron chi connectivity index (χ0n) is 18.3. The first-order valence-electron chi connectivity index (χ1n) is 11.2. The molecule has 10 heteroatoms. The number of hydrogen-bond acceptors (Lipinski definition) is 6. The van der Waals surface area contributed by atoms with Crippen molar-refractivity contribution in [3.05, 3.63) is 24.0 Å². The zero-order valence-corrected chi connectivity index (χ0v) is 19.1. The van der Waals surface area contributed by atoms with E-state index in [9.17, 15) is 14.0 Å². The van der Waals surface area contributed by atoms with Crippen LogP contribution in [0.4, 0.5) is 20.6 Å². The predicted molar refractivity (Wildman–Crippen MR) is 125 cm³/mol. The fourth-order valence-corrected chi connectivity index (χ4v) is 4.93. The number of cyclic esters (lactones) is 1. The zero-order chi connectivity index (χ0) is 22.7. The molecule has 0 spiro atoms. The van der Waals surface area contributed by atoms with Crippen molar-refractivity contribution in [3.63, 3.8) is 0 Å². The van der Waals surface area contributed by atoms with Crippen LogP contribution in [0, 0.1) is 11.7 Å². The van der Waals surface area contributed by atoms with E-state index in [1.165, 1.54) is 17.9 Å². The van der Waals surface area contributed by atoms with Gasteiger partial charge in [-0.3, -0.25) is 9.69 Å². The van der Waals surface area contributed by atoms with Gasteiger partial charge in [-0.05, 0) is 44.1 Å². The number of benzene rings is 1. The fraction of sp³-hybridized carbons (Fsp3) is 0.591. The molecule has 1 atom stereocenters. The molecular weight excluding hydrogens is 433 g/mol. The van der Waals surface area contributed by atoms with Gasteiger partial charge in [-0.2, -0.15) is 0 Å². The smallest absolute Gasteiger partial charge is 0.414 e. The molecule has 2 amide bonds. The predicted octanol–water partition coefficient (Wildman–Crippen LogP) is 1.74. The van der Waals surface area contributed by atoms with Gasteiger partial charge >= 0.3 is 6.09 Å². The van der Waals surface area contributed by atoms with Crippen LogP contribution < -0.4 is 20.4 Å². The van der Waals surface area contributed by atoms with Crippen molar-refractivity contribution in [2.45, 2.75) is 25.9 Å².